The van der Waals surface area contributed by atoms with E-state index in [0.717, 1.165) is 0 Å². The number of rotatable bonds is 5. The Bertz CT molecular complexity index is 126. The van der Waals surface area contributed by atoms with Crippen molar-refractivity contribution in [2.45, 2.75) is 26.4 Å². The highest BCUT2D eigenvalue weighted by Gasteiger charge is 2.10. The van der Waals surface area contributed by atoms with E-state index in [-0.39, 0.29) is 6.10 Å². The zero-order chi connectivity index (χ0) is 8.69. The molecule has 0 aliphatic rings. The zero-order valence-electron chi connectivity index (χ0n) is 7.34. The van der Waals surface area contributed by atoms with Gasteiger partial charge in [-0.2, -0.15) is 0 Å². The summed E-state index contributed by atoms with van der Waals surface area (Å²) in [5.41, 5.74) is 5.48. The van der Waals surface area contributed by atoms with E-state index in [1.807, 2.05) is 0 Å². The predicted octanol–water partition coefficient (Wildman–Crippen LogP) is 1.01. The molecule has 2 nitrogen and oxygen atoms in total. The highest BCUT2D eigenvalue weighted by Crippen LogP contribution is 2.04. The van der Waals surface area contributed by atoms with Crippen LogP contribution in [0.2, 0.25) is 0 Å². The lowest BCUT2D eigenvalue weighted by atomic mass is 10.1. The van der Waals surface area contributed by atoms with Crippen LogP contribution in [0.1, 0.15) is 20.3 Å². The number of terminal acetylenes is 1. The van der Waals surface area contributed by atoms with Gasteiger partial charge in [-0.3, -0.25) is 0 Å². The van der Waals surface area contributed by atoms with Crippen LogP contribution < -0.4 is 5.73 Å². The van der Waals surface area contributed by atoms with Crippen molar-refractivity contribution in [3.63, 3.8) is 0 Å². The summed E-state index contributed by atoms with van der Waals surface area (Å²) in [6.45, 7) is 5.37. The fourth-order valence-electron chi connectivity index (χ4n) is 0.802. The van der Waals surface area contributed by atoms with Crippen molar-refractivity contribution in [2.24, 2.45) is 11.7 Å². The molecule has 1 unspecified atom stereocenters. The molecule has 0 amide bonds. The van der Waals surface area contributed by atoms with Crippen LogP contribution in [-0.4, -0.2) is 19.3 Å². The Hall–Kier alpha value is -0.520. The molecule has 0 bridgehead atoms. The van der Waals surface area contributed by atoms with Crippen LogP contribution in [0, 0.1) is 18.3 Å². The molecule has 0 radical (unpaired) electrons. The summed E-state index contributed by atoms with van der Waals surface area (Å²) in [5, 5.41) is 0. The van der Waals surface area contributed by atoms with Crippen LogP contribution in [0.3, 0.4) is 0 Å². The summed E-state index contributed by atoms with van der Waals surface area (Å²) in [6, 6.07) is 0. The van der Waals surface area contributed by atoms with Gasteiger partial charge in [0.15, 0.2) is 0 Å². The van der Waals surface area contributed by atoms with E-state index in [1.165, 1.54) is 0 Å². The van der Waals surface area contributed by atoms with E-state index in [1.54, 1.807) is 0 Å². The second kappa shape index (κ2) is 6.21. The average molecular weight is 155 g/mol. The minimum atomic E-state index is 0.156. The monoisotopic (exact) mass is 155 g/mol. The fraction of sp³-hybridized carbons (Fsp3) is 0.778. The number of hydrogen-bond acceptors (Lipinski definition) is 2. The summed E-state index contributed by atoms with van der Waals surface area (Å²) in [5.74, 6) is 2.99. The first kappa shape index (κ1) is 10.5. The van der Waals surface area contributed by atoms with Crippen molar-refractivity contribution >= 4 is 0 Å². The molecule has 0 fully saturated rings. The first-order valence-corrected chi connectivity index (χ1v) is 3.97. The van der Waals surface area contributed by atoms with E-state index in [9.17, 15) is 0 Å². The van der Waals surface area contributed by atoms with Crippen molar-refractivity contribution in [1.82, 2.24) is 0 Å². The molecule has 64 valence electrons. The second-order valence-corrected chi connectivity index (χ2v) is 2.84. The molecule has 11 heavy (non-hydrogen) atoms. The van der Waals surface area contributed by atoms with Gasteiger partial charge in [-0.25, -0.2) is 0 Å². The third-order valence-electron chi connectivity index (χ3n) is 1.55. The highest BCUT2D eigenvalue weighted by molar-refractivity contribution is 4.83. The Kier molecular flexibility index (Phi) is 5.91. The quantitative estimate of drug-likeness (QED) is 0.475. The molecule has 0 saturated heterocycles. The Labute approximate surface area is 69.1 Å². The van der Waals surface area contributed by atoms with Crippen LogP contribution in [-0.2, 0) is 4.74 Å². The van der Waals surface area contributed by atoms with Gasteiger partial charge in [-0.15, -0.1) is 12.3 Å². The van der Waals surface area contributed by atoms with Crippen molar-refractivity contribution in [2.75, 3.05) is 13.2 Å². The molecular weight excluding hydrogens is 138 g/mol. The van der Waals surface area contributed by atoms with Gasteiger partial charge in [0.25, 0.3) is 0 Å². The minimum absolute atomic E-state index is 0.156. The molecule has 0 aliphatic carbocycles. The van der Waals surface area contributed by atoms with Gasteiger partial charge in [0, 0.05) is 13.0 Å². The van der Waals surface area contributed by atoms with E-state index in [4.69, 9.17) is 16.9 Å². The highest BCUT2D eigenvalue weighted by atomic mass is 16.5. The molecule has 0 rings (SSSR count). The topological polar surface area (TPSA) is 35.2 Å². The van der Waals surface area contributed by atoms with Gasteiger partial charge < -0.3 is 10.5 Å². The number of hydrogen-bond donors (Lipinski definition) is 1. The maximum absolute atomic E-state index is 5.48. The lowest BCUT2D eigenvalue weighted by molar-refractivity contribution is 0.0322. The third kappa shape index (κ3) is 4.83. The summed E-state index contributed by atoms with van der Waals surface area (Å²) in [4.78, 5) is 0. The van der Waals surface area contributed by atoms with Crippen molar-refractivity contribution in [1.29, 1.82) is 0 Å². The van der Waals surface area contributed by atoms with Gasteiger partial charge in [-0.1, -0.05) is 13.8 Å². The Morgan fingerprint density at radius 1 is 1.55 bits per heavy atom. The smallest absolute Gasteiger partial charge is 0.0720 e. The van der Waals surface area contributed by atoms with Crippen LogP contribution in [0.5, 0.6) is 0 Å². The predicted molar refractivity (Wildman–Crippen MR) is 47.1 cm³/mol. The molecular formula is C9H17NO. The van der Waals surface area contributed by atoms with E-state index >= 15 is 0 Å². The Morgan fingerprint density at radius 3 is 2.55 bits per heavy atom. The maximum Gasteiger partial charge on any atom is 0.0720 e. The van der Waals surface area contributed by atoms with Crippen molar-refractivity contribution < 1.29 is 4.74 Å². The molecule has 0 saturated carbocycles. The van der Waals surface area contributed by atoms with Gasteiger partial charge in [0.05, 0.1) is 12.7 Å². The lowest BCUT2D eigenvalue weighted by Crippen LogP contribution is -2.29. The molecule has 0 aliphatic heterocycles. The second-order valence-electron chi connectivity index (χ2n) is 2.84. The zero-order valence-corrected chi connectivity index (χ0v) is 7.34. The first-order valence-electron chi connectivity index (χ1n) is 3.97. The summed E-state index contributed by atoms with van der Waals surface area (Å²) < 4.78 is 5.43. The van der Waals surface area contributed by atoms with Gasteiger partial charge in [0.2, 0.25) is 0 Å². The van der Waals surface area contributed by atoms with Crippen LogP contribution in [0.25, 0.3) is 0 Å². The third-order valence-corrected chi connectivity index (χ3v) is 1.55. The van der Waals surface area contributed by atoms with Gasteiger partial charge >= 0.3 is 0 Å². The Morgan fingerprint density at radius 2 is 2.18 bits per heavy atom. The SMILES string of the molecule is C#CCCOC(CN)C(C)C. The van der Waals surface area contributed by atoms with Crippen molar-refractivity contribution in [3.05, 3.63) is 0 Å². The summed E-state index contributed by atoms with van der Waals surface area (Å²) >= 11 is 0. The van der Waals surface area contributed by atoms with Crippen LogP contribution >= 0.6 is 0 Å². The van der Waals surface area contributed by atoms with Crippen molar-refractivity contribution in [3.8, 4) is 12.3 Å². The normalized spacial score (nSPS) is 13.0. The largest absolute Gasteiger partial charge is 0.376 e. The molecule has 0 aromatic heterocycles. The van der Waals surface area contributed by atoms with Gasteiger partial charge in [-0.05, 0) is 5.92 Å². The molecule has 0 aromatic carbocycles. The maximum atomic E-state index is 5.48. The number of nitrogens with two attached hydrogens (primary N) is 1. The summed E-state index contributed by atoms with van der Waals surface area (Å²) in [6.07, 6.45) is 5.90. The molecule has 0 aromatic rings. The van der Waals surface area contributed by atoms with Crippen LogP contribution in [0.15, 0.2) is 0 Å². The molecule has 0 spiro atoms. The standard InChI is InChI=1S/C9H17NO/c1-4-5-6-11-9(7-10)8(2)3/h1,8-9H,5-7,10H2,2-3H3. The lowest BCUT2D eigenvalue weighted by Gasteiger charge is -2.18. The van der Waals surface area contributed by atoms with E-state index in [0.29, 0.717) is 25.5 Å². The van der Waals surface area contributed by atoms with Gasteiger partial charge in [0.1, 0.15) is 0 Å². The van der Waals surface area contributed by atoms with E-state index in [2.05, 4.69) is 19.8 Å². The first-order chi connectivity index (χ1) is 5.22. The molecule has 2 heteroatoms. The van der Waals surface area contributed by atoms with Crippen LogP contribution in [0.4, 0.5) is 0 Å². The minimum Gasteiger partial charge on any atom is -0.376 e. The fourth-order valence-corrected chi connectivity index (χ4v) is 0.802. The molecule has 2 N–H and O–H groups in total. The molecule has 1 atom stereocenters. The molecule has 0 heterocycles. The Balaban J connectivity index is 3.46. The number of ether oxygens (including phenoxy) is 1. The summed E-state index contributed by atoms with van der Waals surface area (Å²) in [7, 11) is 0. The van der Waals surface area contributed by atoms with E-state index < -0.39 is 0 Å². The average Bonchev–Trinajstić information content (AvgIpc) is 1.97.